The second kappa shape index (κ2) is 7.30. The first-order chi connectivity index (χ1) is 10.5. The molecule has 0 radical (unpaired) electrons. The maximum atomic E-state index is 12.6. The topological polar surface area (TPSA) is 68.0 Å². The van der Waals surface area contributed by atoms with E-state index in [1.165, 1.54) is 16.2 Å². The lowest BCUT2D eigenvalue weighted by Crippen LogP contribution is -2.40. The van der Waals surface area contributed by atoms with Crippen molar-refractivity contribution in [3.05, 3.63) is 21.9 Å². The van der Waals surface area contributed by atoms with E-state index in [9.17, 15) is 4.79 Å². The summed E-state index contributed by atoms with van der Waals surface area (Å²) in [5, 5.41) is 3.69. The molecule has 1 aliphatic rings. The van der Waals surface area contributed by atoms with E-state index in [-0.39, 0.29) is 23.7 Å². The van der Waals surface area contributed by atoms with Crippen LogP contribution < -0.4 is 11.1 Å². The Bertz CT molecular complexity index is 689. The van der Waals surface area contributed by atoms with Crippen LogP contribution in [0.2, 0.25) is 0 Å². The molecule has 0 atom stereocenters. The number of thiophene rings is 1. The monoisotopic (exact) mass is 371 g/mol. The van der Waals surface area contributed by atoms with Crippen molar-refractivity contribution in [3.63, 3.8) is 0 Å². The standard InChI is InChI=1S/C16H21N3OS2.ClH/c1-10-5-6-12(21-10)13-11(2)22-15(18-13)19-14(20)16(9-17)7-3-4-8-16;/h5-6H,3-4,7-9,17H2,1-2H3,(H,18,19,20);1H. The summed E-state index contributed by atoms with van der Waals surface area (Å²) in [6.45, 7) is 4.55. The molecule has 7 heteroatoms. The van der Waals surface area contributed by atoms with Crippen molar-refractivity contribution in [2.24, 2.45) is 11.1 Å². The van der Waals surface area contributed by atoms with Gasteiger partial charge in [0.25, 0.3) is 0 Å². The largest absolute Gasteiger partial charge is 0.329 e. The number of carbonyl (C=O) groups excluding carboxylic acids is 1. The Labute approximate surface area is 150 Å². The molecule has 0 bridgehead atoms. The fourth-order valence-corrected chi connectivity index (χ4v) is 4.85. The molecule has 2 aromatic heterocycles. The van der Waals surface area contributed by atoms with Gasteiger partial charge in [0.1, 0.15) is 0 Å². The van der Waals surface area contributed by atoms with Crippen LogP contribution in [0.3, 0.4) is 0 Å². The van der Waals surface area contributed by atoms with Crippen molar-refractivity contribution in [2.45, 2.75) is 39.5 Å². The van der Waals surface area contributed by atoms with Crippen molar-refractivity contribution < 1.29 is 4.79 Å². The predicted molar refractivity (Wildman–Crippen MR) is 101 cm³/mol. The first-order valence-electron chi connectivity index (χ1n) is 7.60. The molecule has 0 aliphatic heterocycles. The third-order valence-corrected chi connectivity index (χ3v) is 6.32. The molecular formula is C16H22ClN3OS2. The molecule has 1 saturated carbocycles. The number of rotatable bonds is 4. The number of aromatic nitrogens is 1. The Morgan fingerprint density at radius 2 is 2.00 bits per heavy atom. The lowest BCUT2D eigenvalue weighted by Gasteiger charge is -2.24. The molecule has 1 aliphatic carbocycles. The summed E-state index contributed by atoms with van der Waals surface area (Å²) in [6.07, 6.45) is 3.94. The van der Waals surface area contributed by atoms with Crippen molar-refractivity contribution in [2.75, 3.05) is 11.9 Å². The Morgan fingerprint density at radius 3 is 2.57 bits per heavy atom. The third kappa shape index (κ3) is 3.60. The fraction of sp³-hybridized carbons (Fsp3) is 0.500. The van der Waals surface area contributed by atoms with E-state index in [1.54, 1.807) is 11.3 Å². The number of hydrogen-bond donors (Lipinski definition) is 2. The first-order valence-corrected chi connectivity index (χ1v) is 9.23. The highest BCUT2D eigenvalue weighted by Crippen LogP contribution is 2.39. The van der Waals surface area contributed by atoms with Gasteiger partial charge in [0.15, 0.2) is 5.13 Å². The maximum absolute atomic E-state index is 12.6. The van der Waals surface area contributed by atoms with Crippen LogP contribution in [0.5, 0.6) is 0 Å². The van der Waals surface area contributed by atoms with Crippen molar-refractivity contribution in [1.29, 1.82) is 0 Å². The summed E-state index contributed by atoms with van der Waals surface area (Å²) in [5.41, 5.74) is 6.46. The van der Waals surface area contributed by atoms with Crippen LogP contribution in [-0.4, -0.2) is 17.4 Å². The Hall–Kier alpha value is -0.950. The molecule has 3 N–H and O–H groups in total. The van der Waals surface area contributed by atoms with E-state index in [1.807, 2.05) is 6.92 Å². The summed E-state index contributed by atoms with van der Waals surface area (Å²) in [6, 6.07) is 4.19. The number of aryl methyl sites for hydroxylation is 2. The van der Waals surface area contributed by atoms with Gasteiger partial charge < -0.3 is 11.1 Å². The second-order valence-electron chi connectivity index (χ2n) is 5.98. The quantitative estimate of drug-likeness (QED) is 0.838. The van der Waals surface area contributed by atoms with Gasteiger partial charge in [-0.3, -0.25) is 4.79 Å². The molecular weight excluding hydrogens is 350 g/mol. The van der Waals surface area contributed by atoms with Crippen molar-refractivity contribution in [3.8, 4) is 10.6 Å². The minimum Gasteiger partial charge on any atom is -0.329 e. The summed E-state index contributed by atoms with van der Waals surface area (Å²) < 4.78 is 0. The molecule has 3 rings (SSSR count). The highest BCUT2D eigenvalue weighted by molar-refractivity contribution is 7.18. The summed E-state index contributed by atoms with van der Waals surface area (Å²) >= 11 is 3.27. The number of thiazole rings is 1. The van der Waals surface area contributed by atoms with Gasteiger partial charge in [0.05, 0.1) is 16.0 Å². The third-order valence-electron chi connectivity index (χ3n) is 4.42. The van der Waals surface area contributed by atoms with E-state index >= 15 is 0 Å². The number of halogens is 1. The minimum atomic E-state index is -0.390. The number of nitrogens with two attached hydrogens (primary N) is 1. The lowest BCUT2D eigenvalue weighted by atomic mass is 9.85. The summed E-state index contributed by atoms with van der Waals surface area (Å²) in [5.74, 6) is 0.0372. The van der Waals surface area contributed by atoms with E-state index in [4.69, 9.17) is 5.73 Å². The fourth-order valence-electron chi connectivity index (χ4n) is 3.05. The van der Waals surface area contributed by atoms with Gasteiger partial charge in [0.2, 0.25) is 5.91 Å². The van der Waals surface area contributed by atoms with Crippen LogP contribution >= 0.6 is 35.1 Å². The number of nitrogens with zero attached hydrogens (tertiary/aromatic N) is 1. The highest BCUT2D eigenvalue weighted by Gasteiger charge is 2.40. The summed E-state index contributed by atoms with van der Waals surface area (Å²) in [4.78, 5) is 20.8. The van der Waals surface area contributed by atoms with Crippen LogP contribution in [0.25, 0.3) is 10.6 Å². The normalized spacial score (nSPS) is 16.1. The van der Waals surface area contributed by atoms with Gasteiger partial charge in [-0.2, -0.15) is 0 Å². The van der Waals surface area contributed by atoms with Crippen LogP contribution in [0.4, 0.5) is 5.13 Å². The number of hydrogen-bond acceptors (Lipinski definition) is 5. The van der Waals surface area contributed by atoms with Gasteiger partial charge in [-0.05, 0) is 38.8 Å². The Kier molecular flexibility index (Phi) is 5.84. The maximum Gasteiger partial charge on any atom is 0.233 e. The molecule has 0 saturated heterocycles. The molecule has 2 aromatic rings. The Morgan fingerprint density at radius 1 is 1.30 bits per heavy atom. The van der Waals surface area contributed by atoms with E-state index in [0.29, 0.717) is 11.7 Å². The average molecular weight is 372 g/mol. The zero-order valence-corrected chi connectivity index (χ0v) is 15.8. The van der Waals surface area contributed by atoms with Gasteiger partial charge in [0, 0.05) is 16.3 Å². The molecule has 2 heterocycles. The zero-order chi connectivity index (χ0) is 15.7. The lowest BCUT2D eigenvalue weighted by molar-refractivity contribution is -0.124. The smallest absolute Gasteiger partial charge is 0.233 e. The van der Waals surface area contributed by atoms with Crippen LogP contribution in [0.15, 0.2) is 12.1 Å². The van der Waals surface area contributed by atoms with Gasteiger partial charge >= 0.3 is 0 Å². The molecule has 23 heavy (non-hydrogen) atoms. The number of carbonyl (C=O) groups is 1. The highest BCUT2D eigenvalue weighted by atomic mass is 35.5. The van der Waals surface area contributed by atoms with E-state index in [2.05, 4.69) is 29.4 Å². The SMILES string of the molecule is Cc1ccc(-c2nc(NC(=O)C3(CN)CCCC3)sc2C)s1.Cl. The molecule has 4 nitrogen and oxygen atoms in total. The Balaban J connectivity index is 0.00000192. The molecule has 1 fully saturated rings. The number of amides is 1. The molecule has 0 spiro atoms. The number of anilines is 1. The van der Waals surface area contributed by atoms with Crippen LogP contribution in [0, 0.1) is 19.3 Å². The number of nitrogens with one attached hydrogen (secondary N) is 1. The van der Waals surface area contributed by atoms with Gasteiger partial charge in [-0.1, -0.05) is 12.8 Å². The minimum absolute atomic E-state index is 0. The zero-order valence-electron chi connectivity index (χ0n) is 13.3. The van der Waals surface area contributed by atoms with E-state index in [0.717, 1.165) is 41.1 Å². The first kappa shape index (κ1) is 18.4. The van der Waals surface area contributed by atoms with E-state index < -0.39 is 0 Å². The molecule has 126 valence electrons. The van der Waals surface area contributed by atoms with Crippen molar-refractivity contribution >= 4 is 46.1 Å². The molecule has 1 amide bonds. The van der Waals surface area contributed by atoms with Gasteiger partial charge in [-0.15, -0.1) is 35.1 Å². The average Bonchev–Trinajstić information content (AvgIpc) is 3.19. The summed E-state index contributed by atoms with van der Waals surface area (Å²) in [7, 11) is 0. The van der Waals surface area contributed by atoms with Gasteiger partial charge in [-0.25, -0.2) is 4.98 Å². The molecule has 0 unspecified atom stereocenters. The van der Waals surface area contributed by atoms with Crippen molar-refractivity contribution in [1.82, 2.24) is 4.98 Å². The second-order valence-corrected chi connectivity index (χ2v) is 8.47. The van der Waals surface area contributed by atoms with Crippen LogP contribution in [0.1, 0.15) is 35.4 Å². The predicted octanol–water partition coefficient (Wildman–Crippen LogP) is 4.37. The van der Waals surface area contributed by atoms with Crippen LogP contribution in [-0.2, 0) is 4.79 Å². The molecule has 0 aromatic carbocycles.